The van der Waals surface area contributed by atoms with Gasteiger partial charge in [-0.05, 0) is 6.07 Å². The molecule has 0 bridgehead atoms. The lowest BCUT2D eigenvalue weighted by atomic mass is 10.3. The number of H-pyrrole nitrogens is 1. The molecule has 13 heteroatoms. The Hall–Kier alpha value is -2.64. The summed E-state index contributed by atoms with van der Waals surface area (Å²) in [5, 5.41) is 23.3. The molecule has 0 fully saturated rings. The molecule has 12 nitrogen and oxygen atoms in total. The lowest BCUT2D eigenvalue weighted by molar-refractivity contribution is -0.384. The number of nitrogens with two attached hydrogens (primary N) is 1. The zero-order valence-electron chi connectivity index (χ0n) is 10.3. The summed E-state index contributed by atoms with van der Waals surface area (Å²) in [5.74, 6) is 5.34. The number of hydrogen-bond donors (Lipinski definition) is 4. The molecule has 0 saturated heterocycles. The second-order valence-electron chi connectivity index (χ2n) is 3.73. The Balaban J connectivity index is 2.28. The minimum absolute atomic E-state index is 0.107. The van der Waals surface area contributed by atoms with Crippen LogP contribution in [0.5, 0.6) is 0 Å². The van der Waals surface area contributed by atoms with Gasteiger partial charge in [-0.3, -0.25) is 16.0 Å². The Morgan fingerprint density at radius 2 is 2.19 bits per heavy atom. The summed E-state index contributed by atoms with van der Waals surface area (Å²) < 4.78 is 26.5. The van der Waals surface area contributed by atoms with E-state index in [1.807, 2.05) is 0 Å². The predicted octanol–water partition coefficient (Wildman–Crippen LogP) is -1.13. The Morgan fingerprint density at radius 3 is 2.76 bits per heavy atom. The van der Waals surface area contributed by atoms with Crippen LogP contribution in [0.1, 0.15) is 5.82 Å². The number of hydrazine groups is 1. The zero-order valence-corrected chi connectivity index (χ0v) is 11.2. The van der Waals surface area contributed by atoms with E-state index in [0.717, 1.165) is 18.2 Å². The zero-order chi connectivity index (χ0) is 15.5. The minimum atomic E-state index is -3.96. The van der Waals surface area contributed by atoms with Crippen molar-refractivity contribution in [1.29, 1.82) is 0 Å². The number of hydrogen-bond acceptors (Lipinski definition) is 9. The minimum Gasteiger partial charge on any atom is -0.323 e. The van der Waals surface area contributed by atoms with Crippen LogP contribution < -0.4 is 16.0 Å². The third-order valence-electron chi connectivity index (χ3n) is 2.43. The number of nitrogens with zero attached hydrogens (tertiary/aromatic N) is 4. The number of nitrogen functional groups attached to an aromatic ring is 1. The van der Waals surface area contributed by atoms with Gasteiger partial charge in [-0.1, -0.05) is 5.21 Å². The summed E-state index contributed by atoms with van der Waals surface area (Å²) in [4.78, 5) is 9.76. The van der Waals surface area contributed by atoms with Crippen molar-refractivity contribution in [1.82, 2.24) is 25.3 Å². The number of nitrogens with one attached hydrogen (secondary N) is 3. The summed E-state index contributed by atoms with van der Waals surface area (Å²) in [7, 11) is -3.96. The molecule has 0 aliphatic carbocycles. The first-order valence-corrected chi connectivity index (χ1v) is 6.89. The molecule has 2 aromatic rings. The van der Waals surface area contributed by atoms with E-state index in [-0.39, 0.29) is 28.6 Å². The number of tetrazole rings is 1. The molecule has 0 unspecified atom stereocenters. The van der Waals surface area contributed by atoms with Crippen molar-refractivity contribution >= 4 is 21.4 Å². The van der Waals surface area contributed by atoms with E-state index in [1.54, 1.807) is 0 Å². The quantitative estimate of drug-likeness (QED) is 0.291. The third kappa shape index (κ3) is 3.28. The van der Waals surface area contributed by atoms with E-state index in [1.165, 1.54) is 0 Å². The van der Waals surface area contributed by atoms with Gasteiger partial charge in [-0.2, -0.15) is 5.21 Å². The van der Waals surface area contributed by atoms with Gasteiger partial charge in [0.1, 0.15) is 4.90 Å². The number of rotatable bonds is 6. The predicted molar refractivity (Wildman–Crippen MR) is 69.1 cm³/mol. The first kappa shape index (κ1) is 14.8. The van der Waals surface area contributed by atoms with Crippen molar-refractivity contribution < 1.29 is 13.3 Å². The highest BCUT2D eigenvalue weighted by Crippen LogP contribution is 2.25. The molecular weight excluding hydrogens is 304 g/mol. The molecule has 5 N–H and O–H groups in total. The molecule has 1 aromatic carbocycles. The maximum absolute atomic E-state index is 12.1. The van der Waals surface area contributed by atoms with Crippen LogP contribution in [0, 0.1) is 10.1 Å². The first-order valence-electron chi connectivity index (χ1n) is 5.41. The number of benzene rings is 1. The van der Waals surface area contributed by atoms with Gasteiger partial charge in [-0.15, -0.1) is 10.2 Å². The number of sulfonamides is 1. The fourth-order valence-corrected chi connectivity index (χ4v) is 2.60. The van der Waals surface area contributed by atoms with Crippen LogP contribution >= 0.6 is 0 Å². The van der Waals surface area contributed by atoms with E-state index in [9.17, 15) is 18.5 Å². The van der Waals surface area contributed by atoms with Crippen LogP contribution in [0.2, 0.25) is 0 Å². The second-order valence-corrected chi connectivity index (χ2v) is 5.47. The summed E-state index contributed by atoms with van der Waals surface area (Å²) in [6.07, 6.45) is 0. The molecule has 2 rings (SSSR count). The number of nitro groups is 1. The average Bonchev–Trinajstić information content (AvgIpc) is 2.97. The van der Waals surface area contributed by atoms with Crippen LogP contribution in [0.25, 0.3) is 0 Å². The molecule has 1 heterocycles. The van der Waals surface area contributed by atoms with Crippen LogP contribution in [0.15, 0.2) is 23.1 Å². The Labute approximate surface area is 117 Å². The van der Waals surface area contributed by atoms with Crippen LogP contribution in [0.3, 0.4) is 0 Å². The summed E-state index contributed by atoms with van der Waals surface area (Å²) in [6, 6.07) is 3.15. The first-order chi connectivity index (χ1) is 9.94. The summed E-state index contributed by atoms with van der Waals surface area (Å²) in [5.41, 5.74) is 1.72. The molecular formula is C8H10N8O4S. The highest BCUT2D eigenvalue weighted by atomic mass is 32.2. The second kappa shape index (κ2) is 5.78. The van der Waals surface area contributed by atoms with Crippen molar-refractivity contribution in [2.24, 2.45) is 5.84 Å². The molecule has 0 radical (unpaired) electrons. The third-order valence-corrected chi connectivity index (χ3v) is 3.89. The van der Waals surface area contributed by atoms with Gasteiger partial charge in [0.05, 0.1) is 17.2 Å². The van der Waals surface area contributed by atoms with Crippen LogP contribution in [0.4, 0.5) is 11.4 Å². The van der Waals surface area contributed by atoms with Crippen molar-refractivity contribution in [3.8, 4) is 0 Å². The topological polar surface area (TPSA) is 182 Å². The molecule has 0 saturated carbocycles. The smallest absolute Gasteiger partial charge is 0.271 e. The van der Waals surface area contributed by atoms with Gasteiger partial charge in [0.2, 0.25) is 10.0 Å². The molecule has 112 valence electrons. The van der Waals surface area contributed by atoms with Crippen molar-refractivity contribution in [3.63, 3.8) is 0 Å². The normalized spacial score (nSPS) is 11.3. The molecule has 21 heavy (non-hydrogen) atoms. The fraction of sp³-hybridized carbons (Fsp3) is 0.125. The van der Waals surface area contributed by atoms with Crippen molar-refractivity contribution in [3.05, 3.63) is 34.1 Å². The highest BCUT2D eigenvalue weighted by molar-refractivity contribution is 7.89. The maximum Gasteiger partial charge on any atom is 0.271 e. The fourth-order valence-electron chi connectivity index (χ4n) is 1.47. The summed E-state index contributed by atoms with van der Waals surface area (Å²) in [6.45, 7) is -0.195. The average molecular weight is 314 g/mol. The maximum atomic E-state index is 12.1. The van der Waals surface area contributed by atoms with Gasteiger partial charge < -0.3 is 5.43 Å². The number of aromatic amines is 1. The molecule has 0 amide bonds. The molecule has 0 aliphatic heterocycles. The van der Waals surface area contributed by atoms with Gasteiger partial charge >= 0.3 is 0 Å². The van der Waals surface area contributed by atoms with Crippen LogP contribution in [-0.4, -0.2) is 34.0 Å². The standard InChI is InChI=1S/C8H10N8O4S/c9-11-6-3-5(16(17)18)1-2-7(6)21(19,20)10-4-8-12-14-15-13-8/h1-3,10-11H,4,9H2,(H,12,13,14,15). The number of nitro benzene ring substituents is 1. The Morgan fingerprint density at radius 1 is 1.43 bits per heavy atom. The van der Waals surface area contributed by atoms with Gasteiger partial charge in [-0.25, -0.2) is 13.1 Å². The monoisotopic (exact) mass is 314 g/mol. The SMILES string of the molecule is NNc1cc([N+](=O)[O-])ccc1S(=O)(=O)NCc1nn[nH]n1. The number of anilines is 1. The Bertz CT molecular complexity index is 744. The van der Waals surface area contributed by atoms with Crippen molar-refractivity contribution in [2.45, 2.75) is 11.4 Å². The van der Waals surface area contributed by atoms with Gasteiger partial charge in [0, 0.05) is 12.1 Å². The summed E-state index contributed by atoms with van der Waals surface area (Å²) >= 11 is 0. The molecule has 1 aromatic heterocycles. The number of non-ortho nitro benzene ring substituents is 1. The molecule has 0 aliphatic rings. The molecule has 0 atom stereocenters. The largest absolute Gasteiger partial charge is 0.323 e. The lowest BCUT2D eigenvalue weighted by Gasteiger charge is -2.09. The van der Waals surface area contributed by atoms with Crippen LogP contribution in [-0.2, 0) is 16.6 Å². The Kier molecular flexibility index (Phi) is 4.06. The van der Waals surface area contributed by atoms with E-state index in [2.05, 4.69) is 30.8 Å². The van der Waals surface area contributed by atoms with Gasteiger partial charge in [0.25, 0.3) is 5.69 Å². The van der Waals surface area contributed by atoms with Gasteiger partial charge in [0.15, 0.2) is 5.82 Å². The molecule has 0 spiro atoms. The van der Waals surface area contributed by atoms with E-state index < -0.39 is 14.9 Å². The van der Waals surface area contributed by atoms with E-state index in [0.29, 0.717) is 0 Å². The lowest BCUT2D eigenvalue weighted by Crippen LogP contribution is -2.25. The number of aromatic nitrogens is 4. The van der Waals surface area contributed by atoms with E-state index in [4.69, 9.17) is 5.84 Å². The van der Waals surface area contributed by atoms with E-state index >= 15 is 0 Å². The van der Waals surface area contributed by atoms with Crippen molar-refractivity contribution in [2.75, 3.05) is 5.43 Å². The highest BCUT2D eigenvalue weighted by Gasteiger charge is 2.21.